The Kier molecular flexibility index (Phi) is 9.11. The first-order valence-electron chi connectivity index (χ1n) is 10.9. The third-order valence-corrected chi connectivity index (χ3v) is 5.01. The molecule has 0 aliphatic rings. The van der Waals surface area contributed by atoms with Crippen molar-refractivity contribution in [2.75, 3.05) is 33.8 Å². The van der Waals surface area contributed by atoms with Crippen LogP contribution in [0.1, 0.15) is 11.1 Å². The first-order valence-corrected chi connectivity index (χ1v) is 10.9. The molecular formula is C28H27NO7. The third kappa shape index (κ3) is 6.89. The van der Waals surface area contributed by atoms with Gasteiger partial charge in [-0.2, -0.15) is 0 Å². The summed E-state index contributed by atoms with van der Waals surface area (Å²) in [5.74, 6) is 1.49. The van der Waals surface area contributed by atoms with Gasteiger partial charge < -0.3 is 29.0 Å². The van der Waals surface area contributed by atoms with Crippen LogP contribution < -0.4 is 29.0 Å². The molecule has 0 saturated carbocycles. The number of hydrogen-bond donors (Lipinski definition) is 1. The molecule has 1 N–H and O–H groups in total. The van der Waals surface area contributed by atoms with Gasteiger partial charge in [0.15, 0.2) is 28.7 Å². The predicted octanol–water partition coefficient (Wildman–Crippen LogP) is 4.99. The van der Waals surface area contributed by atoms with Crippen molar-refractivity contribution in [1.82, 2.24) is 0 Å². The van der Waals surface area contributed by atoms with E-state index in [4.69, 9.17) is 23.7 Å². The van der Waals surface area contributed by atoms with Gasteiger partial charge in [0.2, 0.25) is 5.91 Å². The Morgan fingerprint density at radius 1 is 0.639 bits per heavy atom. The molecule has 0 aliphatic heterocycles. The van der Waals surface area contributed by atoms with Gasteiger partial charge in [-0.15, -0.1) is 0 Å². The Morgan fingerprint density at radius 2 is 1.17 bits per heavy atom. The van der Waals surface area contributed by atoms with Gasteiger partial charge in [-0.3, -0.25) is 4.79 Å². The number of carbonyl (C=O) groups is 2. The fraction of sp³-hybridized carbons (Fsp3) is 0.143. The van der Waals surface area contributed by atoms with E-state index in [1.54, 1.807) is 94.1 Å². The van der Waals surface area contributed by atoms with Gasteiger partial charge in [-0.05, 0) is 59.7 Å². The monoisotopic (exact) mass is 489 g/mol. The summed E-state index contributed by atoms with van der Waals surface area (Å²) in [6.07, 6.45) is 5.89. The molecule has 0 heterocycles. The van der Waals surface area contributed by atoms with Gasteiger partial charge in [0.05, 0.1) is 34.1 Å². The molecule has 3 rings (SSSR count). The number of anilines is 1. The number of carbonyl (C=O) groups excluding carboxylic acids is 2. The maximum Gasteiger partial charge on any atom is 0.336 e. The quantitative estimate of drug-likeness (QED) is 0.244. The van der Waals surface area contributed by atoms with E-state index < -0.39 is 11.9 Å². The number of rotatable bonds is 10. The molecule has 0 radical (unpaired) electrons. The molecule has 0 fully saturated rings. The molecule has 186 valence electrons. The summed E-state index contributed by atoms with van der Waals surface area (Å²) in [6.45, 7) is 0. The molecule has 3 aromatic carbocycles. The second-order valence-corrected chi connectivity index (χ2v) is 7.30. The maximum atomic E-state index is 12.5. The molecule has 0 saturated heterocycles. The topological polar surface area (TPSA) is 92.3 Å². The number of para-hydroxylation sites is 2. The van der Waals surface area contributed by atoms with Crippen LogP contribution in [0.25, 0.3) is 12.2 Å². The van der Waals surface area contributed by atoms with Crippen molar-refractivity contribution in [3.63, 3.8) is 0 Å². The average Bonchev–Trinajstić information content (AvgIpc) is 2.91. The van der Waals surface area contributed by atoms with Crippen LogP contribution in [0, 0.1) is 0 Å². The number of benzene rings is 3. The van der Waals surface area contributed by atoms with E-state index in [2.05, 4.69) is 5.32 Å². The number of esters is 1. The van der Waals surface area contributed by atoms with E-state index in [-0.39, 0.29) is 5.75 Å². The molecule has 0 atom stereocenters. The van der Waals surface area contributed by atoms with Crippen LogP contribution in [0.2, 0.25) is 0 Å². The lowest BCUT2D eigenvalue weighted by Crippen LogP contribution is -2.11. The summed E-state index contributed by atoms with van der Waals surface area (Å²) in [7, 11) is 6.18. The average molecular weight is 490 g/mol. The zero-order valence-electron chi connectivity index (χ0n) is 20.4. The van der Waals surface area contributed by atoms with Crippen molar-refractivity contribution in [1.29, 1.82) is 0 Å². The molecule has 3 aromatic rings. The van der Waals surface area contributed by atoms with E-state index in [1.807, 2.05) is 0 Å². The molecule has 1 amide bonds. The minimum atomic E-state index is -0.604. The van der Waals surface area contributed by atoms with Crippen LogP contribution in [0.15, 0.2) is 72.8 Å². The first-order chi connectivity index (χ1) is 17.5. The standard InChI is InChI=1S/C28H27NO7/c1-32-23-13-9-19(17-25(23)34-3)11-15-27(30)29-21-7-5-6-8-22(21)36-28(31)16-12-20-10-14-24(33-2)26(18-20)35-4/h5-18H,1-4H3,(H,29,30). The van der Waals surface area contributed by atoms with E-state index >= 15 is 0 Å². The van der Waals surface area contributed by atoms with Crippen LogP contribution >= 0.6 is 0 Å². The van der Waals surface area contributed by atoms with Crippen LogP contribution in [0.3, 0.4) is 0 Å². The Labute approximate surface area is 209 Å². The summed E-state index contributed by atoms with van der Waals surface area (Å²) >= 11 is 0. The van der Waals surface area contributed by atoms with E-state index in [1.165, 1.54) is 19.3 Å². The molecular weight excluding hydrogens is 462 g/mol. The molecule has 8 heteroatoms. The highest BCUT2D eigenvalue weighted by Gasteiger charge is 2.10. The zero-order valence-corrected chi connectivity index (χ0v) is 20.4. The minimum Gasteiger partial charge on any atom is -0.493 e. The van der Waals surface area contributed by atoms with Crippen LogP contribution in [0.4, 0.5) is 5.69 Å². The number of ether oxygens (including phenoxy) is 5. The number of nitrogens with one attached hydrogen (secondary N) is 1. The highest BCUT2D eigenvalue weighted by molar-refractivity contribution is 6.03. The van der Waals surface area contributed by atoms with Gasteiger partial charge in [0.1, 0.15) is 0 Å². The van der Waals surface area contributed by atoms with Crippen LogP contribution in [0.5, 0.6) is 28.7 Å². The van der Waals surface area contributed by atoms with E-state index in [0.29, 0.717) is 28.7 Å². The second-order valence-electron chi connectivity index (χ2n) is 7.30. The Balaban J connectivity index is 1.66. The van der Waals surface area contributed by atoms with Gasteiger partial charge in [0.25, 0.3) is 0 Å². The summed E-state index contributed by atoms with van der Waals surface area (Å²) in [6, 6.07) is 17.2. The fourth-order valence-corrected chi connectivity index (χ4v) is 3.22. The Morgan fingerprint density at radius 3 is 1.72 bits per heavy atom. The lowest BCUT2D eigenvalue weighted by atomic mass is 10.2. The summed E-state index contributed by atoms with van der Waals surface area (Å²) in [5, 5.41) is 2.73. The van der Waals surface area contributed by atoms with E-state index in [0.717, 1.165) is 11.1 Å². The minimum absolute atomic E-state index is 0.215. The van der Waals surface area contributed by atoms with Crippen molar-refractivity contribution in [2.24, 2.45) is 0 Å². The molecule has 0 aromatic heterocycles. The van der Waals surface area contributed by atoms with E-state index in [9.17, 15) is 9.59 Å². The number of hydrogen-bond acceptors (Lipinski definition) is 7. The molecule has 36 heavy (non-hydrogen) atoms. The molecule has 0 bridgehead atoms. The van der Waals surface area contributed by atoms with Crippen molar-refractivity contribution in [2.45, 2.75) is 0 Å². The normalized spacial score (nSPS) is 10.8. The number of amides is 1. The largest absolute Gasteiger partial charge is 0.493 e. The highest BCUT2D eigenvalue weighted by Crippen LogP contribution is 2.29. The van der Waals surface area contributed by atoms with Gasteiger partial charge >= 0.3 is 5.97 Å². The fourth-order valence-electron chi connectivity index (χ4n) is 3.22. The SMILES string of the molecule is COc1ccc(C=CC(=O)Nc2ccccc2OC(=O)C=Cc2ccc(OC)c(OC)c2)cc1OC. The maximum absolute atomic E-state index is 12.5. The van der Waals surface area contributed by atoms with Crippen molar-refractivity contribution >= 4 is 29.7 Å². The lowest BCUT2D eigenvalue weighted by molar-refractivity contribution is -0.128. The van der Waals surface area contributed by atoms with Gasteiger partial charge in [-0.25, -0.2) is 4.79 Å². The van der Waals surface area contributed by atoms with Crippen molar-refractivity contribution < 1.29 is 33.3 Å². The first kappa shape index (κ1) is 25.9. The lowest BCUT2D eigenvalue weighted by Gasteiger charge is -2.09. The summed E-state index contributed by atoms with van der Waals surface area (Å²) in [4.78, 5) is 24.9. The molecule has 0 aliphatic carbocycles. The predicted molar refractivity (Wildman–Crippen MR) is 138 cm³/mol. The third-order valence-electron chi connectivity index (χ3n) is 5.01. The van der Waals surface area contributed by atoms with Crippen molar-refractivity contribution in [3.05, 3.63) is 83.9 Å². The number of methoxy groups -OCH3 is 4. The highest BCUT2D eigenvalue weighted by atomic mass is 16.5. The summed E-state index contributed by atoms with van der Waals surface area (Å²) in [5.41, 5.74) is 1.83. The summed E-state index contributed by atoms with van der Waals surface area (Å²) < 4.78 is 26.4. The molecule has 0 unspecified atom stereocenters. The van der Waals surface area contributed by atoms with Crippen LogP contribution in [-0.4, -0.2) is 40.3 Å². The smallest absolute Gasteiger partial charge is 0.336 e. The Bertz CT molecular complexity index is 1180. The molecule has 0 spiro atoms. The second kappa shape index (κ2) is 12.7. The zero-order chi connectivity index (χ0) is 25.9. The van der Waals surface area contributed by atoms with Crippen molar-refractivity contribution in [3.8, 4) is 28.7 Å². The molecule has 8 nitrogen and oxygen atoms in total. The Hall–Kier alpha value is -4.72. The van der Waals surface area contributed by atoms with Crippen LogP contribution in [-0.2, 0) is 9.59 Å². The van der Waals surface area contributed by atoms with Gasteiger partial charge in [0, 0.05) is 12.2 Å². The van der Waals surface area contributed by atoms with Gasteiger partial charge in [-0.1, -0.05) is 24.3 Å².